The van der Waals surface area contributed by atoms with Gasteiger partial charge in [0.1, 0.15) is 0 Å². The second-order valence-corrected chi connectivity index (χ2v) is 6.50. The lowest BCUT2D eigenvalue weighted by atomic mass is 9.67. The van der Waals surface area contributed by atoms with Crippen molar-refractivity contribution in [2.24, 2.45) is 10.4 Å². The Morgan fingerprint density at radius 3 is 2.74 bits per heavy atom. The molecule has 1 aromatic rings. The third-order valence-electron chi connectivity index (χ3n) is 5.16. The molecule has 0 spiro atoms. The van der Waals surface area contributed by atoms with Crippen molar-refractivity contribution in [1.82, 2.24) is 10.6 Å². The Kier molecular flexibility index (Phi) is 4.94. The quantitative estimate of drug-likeness (QED) is 0.626. The Morgan fingerprint density at radius 2 is 2.04 bits per heavy atom. The fourth-order valence-corrected chi connectivity index (χ4v) is 3.25. The van der Waals surface area contributed by atoms with Crippen LogP contribution in [-0.2, 0) is 6.42 Å². The molecule has 2 aliphatic rings. The predicted molar refractivity (Wildman–Crippen MR) is 92.2 cm³/mol. The largest absolute Gasteiger partial charge is 0.454 e. The molecule has 2 N–H and O–H groups in total. The average Bonchev–Trinajstić information content (AvgIpc) is 3.00. The van der Waals surface area contributed by atoms with Crippen LogP contribution in [0.4, 0.5) is 0 Å². The summed E-state index contributed by atoms with van der Waals surface area (Å²) in [5.41, 5.74) is 1.73. The van der Waals surface area contributed by atoms with E-state index in [0.717, 1.165) is 37.0 Å². The van der Waals surface area contributed by atoms with E-state index < -0.39 is 0 Å². The Morgan fingerprint density at radius 1 is 1.22 bits per heavy atom. The van der Waals surface area contributed by atoms with Gasteiger partial charge in [0.05, 0.1) is 0 Å². The van der Waals surface area contributed by atoms with Crippen LogP contribution in [0.2, 0.25) is 0 Å². The van der Waals surface area contributed by atoms with Crippen molar-refractivity contribution in [2.75, 3.05) is 26.9 Å². The van der Waals surface area contributed by atoms with Crippen LogP contribution in [-0.4, -0.2) is 32.9 Å². The first kappa shape index (κ1) is 16.0. The molecule has 0 saturated heterocycles. The van der Waals surface area contributed by atoms with Crippen LogP contribution in [0, 0.1) is 5.41 Å². The zero-order chi connectivity index (χ0) is 16.1. The van der Waals surface area contributed by atoms with Crippen molar-refractivity contribution in [3.05, 3.63) is 23.8 Å². The third kappa shape index (κ3) is 3.71. The van der Waals surface area contributed by atoms with Gasteiger partial charge in [0.2, 0.25) is 6.79 Å². The molecule has 1 aliphatic carbocycles. The van der Waals surface area contributed by atoms with E-state index in [4.69, 9.17) is 9.47 Å². The zero-order valence-corrected chi connectivity index (χ0v) is 14.2. The SMILES string of the molecule is CCC1(CNC(=NC)NCCc2ccc3c(c2)OCO3)CCC1. The minimum absolute atomic E-state index is 0.326. The number of benzene rings is 1. The number of guanidine groups is 1. The smallest absolute Gasteiger partial charge is 0.231 e. The molecule has 23 heavy (non-hydrogen) atoms. The van der Waals surface area contributed by atoms with Gasteiger partial charge >= 0.3 is 0 Å². The Bertz CT molecular complexity index is 562. The summed E-state index contributed by atoms with van der Waals surface area (Å²) in [6.45, 7) is 4.48. The predicted octanol–water partition coefficient (Wildman–Crippen LogP) is 2.70. The molecular weight excluding hydrogens is 290 g/mol. The fourth-order valence-electron chi connectivity index (χ4n) is 3.25. The summed E-state index contributed by atoms with van der Waals surface area (Å²) < 4.78 is 10.8. The van der Waals surface area contributed by atoms with Crippen LogP contribution in [0.1, 0.15) is 38.2 Å². The standard InChI is InChI=1S/C18H27N3O2/c1-3-18(8-4-9-18)12-21-17(19-2)20-10-7-14-5-6-15-16(11-14)23-13-22-15/h5-6,11H,3-4,7-10,12-13H2,1-2H3,(H2,19,20,21). The van der Waals surface area contributed by atoms with Gasteiger partial charge < -0.3 is 20.1 Å². The molecule has 5 heteroatoms. The van der Waals surface area contributed by atoms with E-state index in [1.54, 1.807) is 0 Å². The van der Waals surface area contributed by atoms with E-state index in [1.807, 2.05) is 13.1 Å². The molecule has 0 aromatic heterocycles. The first-order valence-electron chi connectivity index (χ1n) is 8.58. The molecule has 1 fully saturated rings. The van der Waals surface area contributed by atoms with Crippen molar-refractivity contribution in [3.63, 3.8) is 0 Å². The summed E-state index contributed by atoms with van der Waals surface area (Å²) in [6.07, 6.45) is 6.21. The second-order valence-electron chi connectivity index (χ2n) is 6.50. The van der Waals surface area contributed by atoms with E-state index in [2.05, 4.69) is 34.7 Å². The minimum Gasteiger partial charge on any atom is -0.454 e. The van der Waals surface area contributed by atoms with Gasteiger partial charge in [-0.05, 0) is 48.8 Å². The first-order chi connectivity index (χ1) is 11.2. The zero-order valence-electron chi connectivity index (χ0n) is 14.2. The molecule has 1 saturated carbocycles. The molecule has 0 radical (unpaired) electrons. The summed E-state index contributed by atoms with van der Waals surface area (Å²) in [6, 6.07) is 6.12. The van der Waals surface area contributed by atoms with Gasteiger partial charge in [-0.15, -0.1) is 0 Å². The van der Waals surface area contributed by atoms with Gasteiger partial charge in [0.25, 0.3) is 0 Å². The molecule has 126 valence electrons. The third-order valence-corrected chi connectivity index (χ3v) is 5.16. The number of rotatable bonds is 6. The van der Waals surface area contributed by atoms with E-state index in [0.29, 0.717) is 12.2 Å². The molecule has 0 amide bonds. The van der Waals surface area contributed by atoms with E-state index in [9.17, 15) is 0 Å². The lowest BCUT2D eigenvalue weighted by Gasteiger charge is -2.41. The lowest BCUT2D eigenvalue weighted by molar-refractivity contribution is 0.131. The molecule has 1 aliphatic heterocycles. The highest BCUT2D eigenvalue weighted by molar-refractivity contribution is 5.79. The highest BCUT2D eigenvalue weighted by Gasteiger charge is 2.34. The molecule has 0 bridgehead atoms. The van der Waals surface area contributed by atoms with Crippen molar-refractivity contribution in [1.29, 1.82) is 0 Å². The first-order valence-corrected chi connectivity index (χ1v) is 8.58. The van der Waals surface area contributed by atoms with Gasteiger partial charge in [-0.1, -0.05) is 19.4 Å². The number of fused-ring (bicyclic) bond motifs is 1. The van der Waals surface area contributed by atoms with Crippen LogP contribution in [0.15, 0.2) is 23.2 Å². The molecule has 3 rings (SSSR count). The lowest BCUT2D eigenvalue weighted by Crippen LogP contribution is -2.46. The maximum Gasteiger partial charge on any atom is 0.231 e. The van der Waals surface area contributed by atoms with Crippen LogP contribution in [0.25, 0.3) is 0 Å². The maximum absolute atomic E-state index is 5.42. The van der Waals surface area contributed by atoms with Gasteiger partial charge in [-0.3, -0.25) is 4.99 Å². The van der Waals surface area contributed by atoms with Gasteiger partial charge in [0.15, 0.2) is 17.5 Å². The molecule has 1 heterocycles. The van der Waals surface area contributed by atoms with E-state index in [1.165, 1.54) is 31.2 Å². The topological polar surface area (TPSA) is 54.9 Å². The summed E-state index contributed by atoms with van der Waals surface area (Å²) >= 11 is 0. The Hall–Kier alpha value is -1.91. The molecule has 0 atom stereocenters. The van der Waals surface area contributed by atoms with Crippen LogP contribution in [0.3, 0.4) is 0 Å². The van der Waals surface area contributed by atoms with E-state index in [-0.39, 0.29) is 0 Å². The van der Waals surface area contributed by atoms with Crippen LogP contribution >= 0.6 is 0 Å². The van der Waals surface area contributed by atoms with Crippen molar-refractivity contribution < 1.29 is 9.47 Å². The second kappa shape index (κ2) is 7.11. The number of ether oxygens (including phenoxy) is 2. The van der Waals surface area contributed by atoms with Crippen LogP contribution < -0.4 is 20.1 Å². The summed E-state index contributed by atoms with van der Waals surface area (Å²) in [4.78, 5) is 4.32. The van der Waals surface area contributed by atoms with Gasteiger partial charge in [-0.2, -0.15) is 0 Å². The fraction of sp³-hybridized carbons (Fsp3) is 0.611. The Labute approximate surface area is 138 Å². The summed E-state index contributed by atoms with van der Waals surface area (Å²) in [5.74, 6) is 2.58. The minimum atomic E-state index is 0.326. The highest BCUT2D eigenvalue weighted by atomic mass is 16.7. The molecular formula is C18H27N3O2. The summed E-state index contributed by atoms with van der Waals surface area (Å²) in [5, 5.41) is 6.88. The van der Waals surface area contributed by atoms with Crippen molar-refractivity contribution in [3.8, 4) is 11.5 Å². The van der Waals surface area contributed by atoms with Gasteiger partial charge in [0, 0.05) is 20.1 Å². The molecule has 1 aromatic carbocycles. The normalized spacial score (nSPS) is 18.4. The van der Waals surface area contributed by atoms with E-state index >= 15 is 0 Å². The number of hydrogen-bond donors (Lipinski definition) is 2. The number of nitrogens with zero attached hydrogens (tertiary/aromatic N) is 1. The molecule has 5 nitrogen and oxygen atoms in total. The van der Waals surface area contributed by atoms with Crippen LogP contribution in [0.5, 0.6) is 11.5 Å². The van der Waals surface area contributed by atoms with Crippen molar-refractivity contribution in [2.45, 2.75) is 39.0 Å². The average molecular weight is 317 g/mol. The monoisotopic (exact) mass is 317 g/mol. The number of aliphatic imine (C=N–C) groups is 1. The van der Waals surface area contributed by atoms with Gasteiger partial charge in [-0.25, -0.2) is 0 Å². The van der Waals surface area contributed by atoms with Crippen molar-refractivity contribution >= 4 is 5.96 Å². The summed E-state index contributed by atoms with van der Waals surface area (Å²) in [7, 11) is 1.83. The highest BCUT2D eigenvalue weighted by Crippen LogP contribution is 2.43. The maximum atomic E-state index is 5.42. The number of hydrogen-bond acceptors (Lipinski definition) is 3. The number of nitrogens with one attached hydrogen (secondary N) is 2. The molecule has 0 unspecified atom stereocenters. The Balaban J connectivity index is 1.43.